The topological polar surface area (TPSA) is 66.3 Å². The van der Waals surface area contributed by atoms with Gasteiger partial charge in [-0.05, 0) is 12.5 Å². The molecule has 0 aromatic carbocycles. The van der Waals surface area contributed by atoms with Crippen LogP contribution in [0.25, 0.3) is 10.2 Å². The number of aryl methyl sites for hydroxylation is 1. The van der Waals surface area contributed by atoms with E-state index >= 15 is 0 Å². The van der Waals surface area contributed by atoms with Gasteiger partial charge in [0, 0.05) is 24.6 Å². The number of anilines is 1. The summed E-state index contributed by atoms with van der Waals surface area (Å²) < 4.78 is 0. The monoisotopic (exact) mass is 295 g/mol. The number of carboxylic acid groups (broad SMARTS) is 1. The van der Waals surface area contributed by atoms with Gasteiger partial charge in [-0.3, -0.25) is 0 Å². The third-order valence-corrected chi connectivity index (χ3v) is 5.34. The van der Waals surface area contributed by atoms with Gasteiger partial charge in [-0.1, -0.05) is 0 Å². The van der Waals surface area contributed by atoms with E-state index in [1.165, 1.54) is 17.7 Å². The van der Waals surface area contributed by atoms with Crippen molar-refractivity contribution in [1.29, 1.82) is 0 Å². The number of carboxylic acids is 1. The molecule has 0 bridgehead atoms. The number of thioether (sulfide) groups is 1. The maximum Gasteiger partial charge on any atom is 0.346 e. The third-order valence-electron chi connectivity index (χ3n) is 3.21. The van der Waals surface area contributed by atoms with Crippen LogP contribution >= 0.6 is 23.1 Å². The minimum Gasteiger partial charge on any atom is -0.477 e. The van der Waals surface area contributed by atoms with Gasteiger partial charge >= 0.3 is 5.97 Å². The molecule has 0 amide bonds. The lowest BCUT2D eigenvalue weighted by Crippen LogP contribution is -2.33. The molecule has 1 fully saturated rings. The molecule has 5 nitrogen and oxygen atoms in total. The van der Waals surface area contributed by atoms with Crippen molar-refractivity contribution < 1.29 is 9.90 Å². The molecule has 0 aliphatic carbocycles. The van der Waals surface area contributed by atoms with Crippen LogP contribution in [0, 0.1) is 6.92 Å². The van der Waals surface area contributed by atoms with E-state index in [1.54, 1.807) is 0 Å². The Bertz CT molecular complexity index is 635. The predicted octanol–water partition coefficient (Wildman–Crippen LogP) is 2.25. The summed E-state index contributed by atoms with van der Waals surface area (Å²) >= 11 is 3.16. The van der Waals surface area contributed by atoms with E-state index in [0.717, 1.165) is 46.2 Å². The van der Waals surface area contributed by atoms with Crippen molar-refractivity contribution >= 4 is 45.1 Å². The molecular formula is C12H13N3O2S2. The number of thiophene rings is 1. The summed E-state index contributed by atoms with van der Waals surface area (Å²) in [6.45, 7) is 3.75. The Kier molecular flexibility index (Phi) is 3.32. The molecule has 3 heterocycles. The van der Waals surface area contributed by atoms with E-state index in [4.69, 9.17) is 0 Å². The van der Waals surface area contributed by atoms with Gasteiger partial charge in [-0.25, -0.2) is 14.8 Å². The van der Waals surface area contributed by atoms with Gasteiger partial charge in [-0.2, -0.15) is 11.8 Å². The molecule has 1 saturated heterocycles. The summed E-state index contributed by atoms with van der Waals surface area (Å²) in [5.74, 6) is 2.16. The highest BCUT2D eigenvalue weighted by Crippen LogP contribution is 2.35. The van der Waals surface area contributed by atoms with Gasteiger partial charge in [0.2, 0.25) is 0 Å². The highest BCUT2D eigenvalue weighted by Gasteiger charge is 2.22. The smallest absolute Gasteiger partial charge is 0.346 e. The van der Waals surface area contributed by atoms with Crippen LogP contribution in [0.2, 0.25) is 0 Å². The van der Waals surface area contributed by atoms with Crippen LogP contribution in [0.1, 0.15) is 15.2 Å². The summed E-state index contributed by atoms with van der Waals surface area (Å²) in [6.07, 6.45) is 1.53. The fourth-order valence-electron chi connectivity index (χ4n) is 2.27. The first-order valence-electron chi connectivity index (χ1n) is 5.98. The second kappa shape index (κ2) is 4.97. The van der Waals surface area contributed by atoms with Crippen LogP contribution in [-0.2, 0) is 0 Å². The molecule has 2 aromatic heterocycles. The zero-order chi connectivity index (χ0) is 13.4. The number of nitrogens with zero attached hydrogens (tertiary/aromatic N) is 3. The van der Waals surface area contributed by atoms with Crippen LogP contribution in [-0.4, -0.2) is 45.6 Å². The fourth-order valence-corrected chi connectivity index (χ4v) is 4.16. The van der Waals surface area contributed by atoms with Crippen molar-refractivity contribution in [3.63, 3.8) is 0 Å². The first kappa shape index (κ1) is 12.7. The van der Waals surface area contributed by atoms with Crippen molar-refractivity contribution in [3.05, 3.63) is 16.8 Å². The Morgan fingerprint density at radius 2 is 2.11 bits per heavy atom. The summed E-state index contributed by atoms with van der Waals surface area (Å²) in [7, 11) is 0. The van der Waals surface area contributed by atoms with E-state index in [-0.39, 0.29) is 0 Å². The zero-order valence-electron chi connectivity index (χ0n) is 10.4. The summed E-state index contributed by atoms with van der Waals surface area (Å²) in [6, 6.07) is 0. The highest BCUT2D eigenvalue weighted by molar-refractivity contribution is 7.99. The van der Waals surface area contributed by atoms with Gasteiger partial charge in [0.1, 0.15) is 21.9 Å². The Morgan fingerprint density at radius 3 is 2.79 bits per heavy atom. The van der Waals surface area contributed by atoms with Crippen molar-refractivity contribution in [2.75, 3.05) is 29.5 Å². The molecular weight excluding hydrogens is 282 g/mol. The van der Waals surface area contributed by atoms with E-state index < -0.39 is 5.97 Å². The maximum atomic E-state index is 11.2. The largest absolute Gasteiger partial charge is 0.477 e. The van der Waals surface area contributed by atoms with E-state index in [9.17, 15) is 9.90 Å². The van der Waals surface area contributed by atoms with Gasteiger partial charge < -0.3 is 10.0 Å². The number of fused-ring (bicyclic) bond motifs is 1. The molecule has 100 valence electrons. The highest BCUT2D eigenvalue weighted by atomic mass is 32.2. The van der Waals surface area contributed by atoms with Crippen LogP contribution in [0.3, 0.4) is 0 Å². The van der Waals surface area contributed by atoms with Crippen LogP contribution in [0.15, 0.2) is 6.33 Å². The second-order valence-electron chi connectivity index (χ2n) is 4.34. The molecule has 0 spiro atoms. The van der Waals surface area contributed by atoms with Crippen LogP contribution in [0.4, 0.5) is 5.82 Å². The minimum atomic E-state index is -0.888. The maximum absolute atomic E-state index is 11.2. The third kappa shape index (κ3) is 2.17. The minimum absolute atomic E-state index is 0.364. The SMILES string of the molecule is Cc1c(C(=O)O)sc2ncnc(N3CCSCC3)c12. The number of carbonyl (C=O) groups is 1. The van der Waals surface area contributed by atoms with Crippen molar-refractivity contribution in [2.24, 2.45) is 0 Å². The average molecular weight is 295 g/mol. The summed E-state index contributed by atoms with van der Waals surface area (Å²) in [4.78, 5) is 23.2. The molecule has 2 aromatic rings. The normalized spacial score (nSPS) is 15.9. The van der Waals surface area contributed by atoms with Gasteiger partial charge in [-0.15, -0.1) is 11.3 Å². The first-order chi connectivity index (χ1) is 9.18. The lowest BCUT2D eigenvalue weighted by atomic mass is 10.2. The molecule has 7 heteroatoms. The van der Waals surface area contributed by atoms with Gasteiger partial charge in [0.25, 0.3) is 0 Å². The second-order valence-corrected chi connectivity index (χ2v) is 6.56. The Labute approximate surface area is 118 Å². The molecule has 0 radical (unpaired) electrons. The molecule has 1 N–H and O–H groups in total. The number of hydrogen-bond acceptors (Lipinski definition) is 6. The fraction of sp³-hybridized carbons (Fsp3) is 0.417. The quantitative estimate of drug-likeness (QED) is 0.916. The Morgan fingerprint density at radius 1 is 1.37 bits per heavy atom. The molecule has 1 aliphatic rings. The van der Waals surface area contributed by atoms with Gasteiger partial charge in [0.05, 0.1) is 5.39 Å². The average Bonchev–Trinajstić information content (AvgIpc) is 2.78. The number of aromatic nitrogens is 2. The molecule has 0 atom stereocenters. The van der Waals surface area contributed by atoms with E-state index in [0.29, 0.717) is 4.88 Å². The van der Waals surface area contributed by atoms with Crippen molar-refractivity contribution in [3.8, 4) is 0 Å². The summed E-state index contributed by atoms with van der Waals surface area (Å²) in [5.41, 5.74) is 0.779. The van der Waals surface area contributed by atoms with Gasteiger partial charge in [0.15, 0.2) is 0 Å². The van der Waals surface area contributed by atoms with E-state index in [2.05, 4.69) is 14.9 Å². The number of hydrogen-bond donors (Lipinski definition) is 1. The number of aromatic carboxylic acids is 1. The Hall–Kier alpha value is -1.34. The van der Waals surface area contributed by atoms with Crippen LogP contribution < -0.4 is 4.90 Å². The standard InChI is InChI=1S/C12H13N3O2S2/c1-7-8-10(15-2-4-18-5-3-15)13-6-14-11(8)19-9(7)12(16)17/h6H,2-5H2,1H3,(H,16,17). The Balaban J connectivity index is 2.16. The molecule has 3 rings (SSSR count). The summed E-state index contributed by atoms with van der Waals surface area (Å²) in [5, 5.41) is 10.1. The zero-order valence-corrected chi connectivity index (χ0v) is 12.1. The molecule has 19 heavy (non-hydrogen) atoms. The first-order valence-corrected chi connectivity index (χ1v) is 7.95. The number of rotatable bonds is 2. The molecule has 0 saturated carbocycles. The molecule has 0 unspecified atom stereocenters. The van der Waals surface area contributed by atoms with E-state index in [1.807, 2.05) is 18.7 Å². The van der Waals surface area contributed by atoms with Crippen molar-refractivity contribution in [2.45, 2.75) is 6.92 Å². The molecule has 1 aliphatic heterocycles. The lowest BCUT2D eigenvalue weighted by Gasteiger charge is -2.27. The predicted molar refractivity (Wildman–Crippen MR) is 78.6 cm³/mol. The van der Waals surface area contributed by atoms with Crippen molar-refractivity contribution in [1.82, 2.24) is 9.97 Å². The van der Waals surface area contributed by atoms with Crippen LogP contribution in [0.5, 0.6) is 0 Å². The lowest BCUT2D eigenvalue weighted by molar-refractivity contribution is 0.0701.